The number of para-hydroxylation sites is 1. The first-order chi connectivity index (χ1) is 14.7. The monoisotopic (exact) mass is 395 g/mol. The first kappa shape index (κ1) is 18.1. The van der Waals surface area contributed by atoms with Crippen LogP contribution < -0.4 is 10.5 Å². The van der Waals surface area contributed by atoms with Crippen LogP contribution in [0.5, 0.6) is 11.5 Å². The second kappa shape index (κ2) is 7.48. The third kappa shape index (κ3) is 3.33. The van der Waals surface area contributed by atoms with Crippen molar-refractivity contribution >= 4 is 22.5 Å². The molecule has 1 unspecified atom stereocenters. The molecule has 0 amide bonds. The normalized spacial score (nSPS) is 15.9. The Hall–Kier alpha value is -3.93. The molecule has 2 aromatic heterocycles. The highest BCUT2D eigenvalue weighted by Crippen LogP contribution is 2.34. The predicted molar refractivity (Wildman–Crippen MR) is 119 cm³/mol. The Morgan fingerprint density at radius 1 is 1.00 bits per heavy atom. The highest BCUT2D eigenvalue weighted by atomic mass is 16.5. The van der Waals surface area contributed by atoms with Gasteiger partial charge in [0.25, 0.3) is 0 Å². The fourth-order valence-corrected chi connectivity index (χ4v) is 3.54. The zero-order valence-electron chi connectivity index (χ0n) is 16.6. The van der Waals surface area contributed by atoms with Gasteiger partial charge in [-0.15, -0.1) is 0 Å². The quantitative estimate of drug-likeness (QED) is 0.507. The topological polar surface area (TPSA) is 78.9 Å². The van der Waals surface area contributed by atoms with Gasteiger partial charge >= 0.3 is 0 Å². The van der Waals surface area contributed by atoms with Crippen molar-refractivity contribution in [1.82, 2.24) is 19.7 Å². The van der Waals surface area contributed by atoms with E-state index in [9.17, 15) is 0 Å². The minimum atomic E-state index is 0.416. The Labute approximate surface area is 174 Å². The molecule has 148 valence electrons. The highest BCUT2D eigenvalue weighted by Gasteiger charge is 2.19. The van der Waals surface area contributed by atoms with Crippen LogP contribution in [0.1, 0.15) is 13.3 Å². The van der Waals surface area contributed by atoms with E-state index in [1.165, 1.54) is 6.33 Å². The summed E-state index contributed by atoms with van der Waals surface area (Å²) in [6.45, 7) is 2.19. The summed E-state index contributed by atoms with van der Waals surface area (Å²) < 4.78 is 7.74. The van der Waals surface area contributed by atoms with Gasteiger partial charge in [-0.25, -0.2) is 14.6 Å². The summed E-state index contributed by atoms with van der Waals surface area (Å²) in [7, 11) is 0. The van der Waals surface area contributed by atoms with E-state index in [1.54, 1.807) is 0 Å². The van der Waals surface area contributed by atoms with Crippen LogP contribution in [-0.2, 0) is 0 Å². The van der Waals surface area contributed by atoms with Gasteiger partial charge < -0.3 is 10.5 Å². The molecule has 0 fully saturated rings. The van der Waals surface area contributed by atoms with E-state index in [0.29, 0.717) is 17.4 Å². The van der Waals surface area contributed by atoms with Crippen LogP contribution in [0.2, 0.25) is 0 Å². The Bertz CT molecular complexity index is 1260. The smallest absolute Gasteiger partial charge is 0.169 e. The molecule has 0 aliphatic heterocycles. The van der Waals surface area contributed by atoms with Gasteiger partial charge in [-0.05, 0) is 54.8 Å². The first-order valence-corrected chi connectivity index (χ1v) is 9.90. The molecule has 6 heteroatoms. The third-order valence-corrected chi connectivity index (χ3v) is 5.14. The molecule has 0 saturated heterocycles. The molecule has 6 nitrogen and oxygen atoms in total. The number of anilines is 1. The number of aromatic nitrogens is 4. The lowest BCUT2D eigenvalue weighted by Gasteiger charge is -2.12. The van der Waals surface area contributed by atoms with Crippen molar-refractivity contribution in [3.05, 3.63) is 79.2 Å². The van der Waals surface area contributed by atoms with Gasteiger partial charge in [0.15, 0.2) is 5.65 Å². The molecule has 0 radical (unpaired) electrons. The second-order valence-corrected chi connectivity index (χ2v) is 7.36. The zero-order chi connectivity index (χ0) is 20.5. The standard InChI is InChI=1S/C24H21N5O/c1-16-7-11-18(12-8-16)29-24-21(23(25)26-15-27-24)22(28-29)17-9-13-20(14-10-17)30-19-5-3-2-4-6-19/h2-7,9-16H,8H2,1H3,(H2,25,26,27). The van der Waals surface area contributed by atoms with Crippen molar-refractivity contribution in [2.24, 2.45) is 5.92 Å². The molecule has 30 heavy (non-hydrogen) atoms. The van der Waals surface area contributed by atoms with Crippen molar-refractivity contribution in [3.8, 4) is 22.8 Å². The molecule has 2 N–H and O–H groups in total. The van der Waals surface area contributed by atoms with Crippen LogP contribution in [0.3, 0.4) is 0 Å². The van der Waals surface area contributed by atoms with E-state index in [-0.39, 0.29) is 0 Å². The minimum absolute atomic E-state index is 0.416. The van der Waals surface area contributed by atoms with Crippen molar-refractivity contribution in [3.63, 3.8) is 0 Å². The lowest BCUT2D eigenvalue weighted by molar-refractivity contribution is 0.483. The summed E-state index contributed by atoms with van der Waals surface area (Å²) in [4.78, 5) is 8.65. The van der Waals surface area contributed by atoms with Gasteiger partial charge in [0.2, 0.25) is 0 Å². The minimum Gasteiger partial charge on any atom is -0.457 e. The van der Waals surface area contributed by atoms with Crippen LogP contribution in [0.25, 0.3) is 28.0 Å². The van der Waals surface area contributed by atoms with Crippen LogP contribution in [-0.4, -0.2) is 19.7 Å². The SMILES string of the molecule is CC1C=CC(n2nc(-c3ccc(Oc4ccccc4)cc3)c3c(N)ncnc32)=CC1. The lowest BCUT2D eigenvalue weighted by atomic mass is 10.0. The lowest BCUT2D eigenvalue weighted by Crippen LogP contribution is -2.03. The molecular weight excluding hydrogens is 374 g/mol. The number of ether oxygens (including phenoxy) is 1. The first-order valence-electron chi connectivity index (χ1n) is 9.90. The number of allylic oxidation sites excluding steroid dienone is 4. The molecule has 4 aromatic rings. The van der Waals surface area contributed by atoms with E-state index < -0.39 is 0 Å². The van der Waals surface area contributed by atoms with Gasteiger partial charge in [0, 0.05) is 5.56 Å². The molecule has 0 bridgehead atoms. The maximum atomic E-state index is 6.22. The van der Waals surface area contributed by atoms with Crippen LogP contribution in [0.15, 0.2) is 79.2 Å². The molecule has 0 saturated carbocycles. The van der Waals surface area contributed by atoms with Crippen molar-refractivity contribution in [1.29, 1.82) is 0 Å². The van der Waals surface area contributed by atoms with Crippen LogP contribution in [0.4, 0.5) is 5.82 Å². The molecular formula is C24H21N5O. The Morgan fingerprint density at radius 3 is 2.50 bits per heavy atom. The number of hydrogen-bond acceptors (Lipinski definition) is 5. The van der Waals surface area contributed by atoms with Crippen molar-refractivity contribution in [2.75, 3.05) is 5.73 Å². The fourth-order valence-electron chi connectivity index (χ4n) is 3.54. The molecule has 1 aliphatic carbocycles. The number of nitrogens with two attached hydrogens (primary N) is 1. The number of hydrogen-bond donors (Lipinski definition) is 1. The number of nitrogens with zero attached hydrogens (tertiary/aromatic N) is 4. The molecule has 5 rings (SSSR count). The Balaban J connectivity index is 1.55. The molecule has 0 spiro atoms. The van der Waals surface area contributed by atoms with E-state index in [2.05, 4.69) is 35.1 Å². The Morgan fingerprint density at radius 2 is 1.77 bits per heavy atom. The average Bonchev–Trinajstić information content (AvgIpc) is 3.17. The summed E-state index contributed by atoms with van der Waals surface area (Å²) >= 11 is 0. The van der Waals surface area contributed by atoms with Gasteiger partial charge in [-0.2, -0.15) is 5.10 Å². The highest BCUT2D eigenvalue weighted by molar-refractivity contribution is 5.99. The van der Waals surface area contributed by atoms with Crippen molar-refractivity contribution < 1.29 is 4.74 Å². The predicted octanol–water partition coefficient (Wildman–Crippen LogP) is 5.30. The van der Waals surface area contributed by atoms with E-state index in [4.69, 9.17) is 15.6 Å². The maximum Gasteiger partial charge on any atom is 0.169 e. The van der Waals surface area contributed by atoms with Gasteiger partial charge in [0.1, 0.15) is 29.3 Å². The largest absolute Gasteiger partial charge is 0.457 e. The van der Waals surface area contributed by atoms with Crippen LogP contribution in [0, 0.1) is 5.92 Å². The number of rotatable bonds is 4. The second-order valence-electron chi connectivity index (χ2n) is 7.36. The molecule has 2 aromatic carbocycles. The van der Waals surface area contributed by atoms with Gasteiger partial charge in [0.05, 0.1) is 11.1 Å². The average molecular weight is 395 g/mol. The molecule has 1 aliphatic rings. The summed E-state index contributed by atoms with van der Waals surface area (Å²) in [6, 6.07) is 17.5. The molecule has 1 atom stereocenters. The third-order valence-electron chi connectivity index (χ3n) is 5.14. The van der Waals surface area contributed by atoms with E-state index in [0.717, 1.165) is 40.3 Å². The van der Waals surface area contributed by atoms with Gasteiger partial charge in [-0.1, -0.05) is 37.3 Å². The maximum absolute atomic E-state index is 6.22. The number of fused-ring (bicyclic) bond motifs is 1. The summed E-state index contributed by atoms with van der Waals surface area (Å²) in [6.07, 6.45) is 8.89. The fraction of sp³-hybridized carbons (Fsp3) is 0.125. The number of nitrogen functional groups attached to an aromatic ring is 1. The number of benzene rings is 2. The zero-order valence-corrected chi connectivity index (χ0v) is 16.6. The van der Waals surface area contributed by atoms with Crippen molar-refractivity contribution in [2.45, 2.75) is 13.3 Å². The summed E-state index contributed by atoms with van der Waals surface area (Å²) in [5, 5.41) is 5.61. The molecule has 2 heterocycles. The van der Waals surface area contributed by atoms with E-state index in [1.807, 2.05) is 59.3 Å². The van der Waals surface area contributed by atoms with Gasteiger partial charge in [-0.3, -0.25) is 0 Å². The summed E-state index contributed by atoms with van der Waals surface area (Å²) in [5.41, 5.74) is 9.60. The van der Waals surface area contributed by atoms with E-state index >= 15 is 0 Å². The Kier molecular flexibility index (Phi) is 4.52. The van der Waals surface area contributed by atoms with Crippen LogP contribution >= 0.6 is 0 Å². The summed E-state index contributed by atoms with van der Waals surface area (Å²) in [5.74, 6) is 2.49.